The van der Waals surface area contributed by atoms with Gasteiger partial charge in [0.25, 0.3) is 0 Å². The van der Waals surface area contributed by atoms with Crippen molar-refractivity contribution in [1.29, 1.82) is 0 Å². The maximum absolute atomic E-state index is 6.02. The fourth-order valence-corrected chi connectivity index (χ4v) is 2.62. The van der Waals surface area contributed by atoms with Crippen molar-refractivity contribution in [3.05, 3.63) is 0 Å². The second-order valence-corrected chi connectivity index (χ2v) is 4.35. The molecule has 2 bridgehead atoms. The summed E-state index contributed by atoms with van der Waals surface area (Å²) in [4.78, 5) is 0. The first-order valence-corrected chi connectivity index (χ1v) is 4.91. The lowest BCUT2D eigenvalue weighted by Crippen LogP contribution is -2.48. The number of ether oxygens (including phenoxy) is 1. The summed E-state index contributed by atoms with van der Waals surface area (Å²) in [5.41, 5.74) is 0.259. The largest absolute Gasteiger partial charge is 0.372 e. The van der Waals surface area contributed by atoms with Crippen LogP contribution in [0.1, 0.15) is 46.0 Å². The Bertz CT molecular complexity index is 145. The highest BCUT2D eigenvalue weighted by molar-refractivity contribution is 4.92. The van der Waals surface area contributed by atoms with Crippen LogP contribution in [-0.4, -0.2) is 11.7 Å². The molecule has 0 amide bonds. The van der Waals surface area contributed by atoms with Crippen molar-refractivity contribution >= 4 is 0 Å². The van der Waals surface area contributed by atoms with E-state index in [1.165, 1.54) is 32.1 Å². The molecule has 1 atom stereocenters. The van der Waals surface area contributed by atoms with E-state index < -0.39 is 0 Å². The van der Waals surface area contributed by atoms with E-state index in [2.05, 4.69) is 13.8 Å². The molecule has 3 rings (SSSR count). The first kappa shape index (κ1) is 7.60. The van der Waals surface area contributed by atoms with Gasteiger partial charge in [0.15, 0.2) is 0 Å². The highest BCUT2D eigenvalue weighted by atomic mass is 16.5. The normalized spacial score (nSPS) is 49.6. The zero-order valence-corrected chi connectivity index (χ0v) is 7.60. The number of hydrogen-bond acceptors (Lipinski definition) is 1. The SMILES string of the molecule is CCC1OC2(C)CCC1CC2. The van der Waals surface area contributed by atoms with Gasteiger partial charge in [0.05, 0.1) is 11.7 Å². The first-order valence-electron chi connectivity index (χ1n) is 4.91. The zero-order valence-electron chi connectivity index (χ0n) is 7.60. The summed E-state index contributed by atoms with van der Waals surface area (Å²) >= 11 is 0. The Morgan fingerprint density at radius 2 is 2.00 bits per heavy atom. The van der Waals surface area contributed by atoms with E-state index in [4.69, 9.17) is 4.74 Å². The standard InChI is InChI=1S/C10H18O/c1-3-9-8-4-6-10(2,11-9)7-5-8/h8-9H,3-7H2,1-2H3. The first-order chi connectivity index (χ1) is 5.23. The lowest BCUT2D eigenvalue weighted by molar-refractivity contribution is -0.184. The van der Waals surface area contributed by atoms with E-state index in [0.29, 0.717) is 6.10 Å². The molecule has 1 saturated carbocycles. The zero-order chi connectivity index (χ0) is 7.90. The molecule has 11 heavy (non-hydrogen) atoms. The summed E-state index contributed by atoms with van der Waals surface area (Å²) in [6.07, 6.45) is 7.22. The minimum atomic E-state index is 0.259. The van der Waals surface area contributed by atoms with Crippen LogP contribution in [0.2, 0.25) is 0 Å². The molecule has 3 fully saturated rings. The second kappa shape index (κ2) is 2.48. The van der Waals surface area contributed by atoms with Gasteiger partial charge in [-0.1, -0.05) is 6.92 Å². The van der Waals surface area contributed by atoms with Crippen molar-refractivity contribution in [1.82, 2.24) is 0 Å². The van der Waals surface area contributed by atoms with Gasteiger partial charge in [0.2, 0.25) is 0 Å². The molecule has 1 unspecified atom stereocenters. The molecule has 0 aromatic rings. The summed E-state index contributed by atoms with van der Waals surface area (Å²) in [5.74, 6) is 0.891. The summed E-state index contributed by atoms with van der Waals surface area (Å²) in [6.45, 7) is 4.53. The van der Waals surface area contributed by atoms with Crippen LogP contribution in [0.25, 0.3) is 0 Å². The molecule has 3 aliphatic rings. The number of rotatable bonds is 1. The van der Waals surface area contributed by atoms with Crippen molar-refractivity contribution in [3.8, 4) is 0 Å². The van der Waals surface area contributed by atoms with Crippen molar-refractivity contribution < 1.29 is 4.74 Å². The summed E-state index contributed by atoms with van der Waals surface area (Å²) in [5, 5.41) is 0. The Labute approximate surface area is 69.1 Å². The average molecular weight is 154 g/mol. The predicted molar refractivity (Wildman–Crippen MR) is 45.5 cm³/mol. The summed E-state index contributed by atoms with van der Waals surface area (Å²) < 4.78 is 6.02. The molecule has 2 saturated heterocycles. The molecule has 0 N–H and O–H groups in total. The van der Waals surface area contributed by atoms with Gasteiger partial charge in [-0.25, -0.2) is 0 Å². The van der Waals surface area contributed by atoms with Gasteiger partial charge in [-0.3, -0.25) is 0 Å². The van der Waals surface area contributed by atoms with Gasteiger partial charge in [-0.05, 0) is 44.9 Å². The summed E-state index contributed by atoms with van der Waals surface area (Å²) in [7, 11) is 0. The third kappa shape index (κ3) is 1.20. The quantitative estimate of drug-likeness (QED) is 0.564. The Morgan fingerprint density at radius 3 is 2.36 bits per heavy atom. The van der Waals surface area contributed by atoms with Gasteiger partial charge >= 0.3 is 0 Å². The molecule has 1 heteroatoms. The second-order valence-electron chi connectivity index (χ2n) is 4.35. The van der Waals surface area contributed by atoms with Crippen LogP contribution in [-0.2, 0) is 4.74 Å². The molecule has 64 valence electrons. The third-order valence-corrected chi connectivity index (χ3v) is 3.45. The fraction of sp³-hybridized carbons (Fsp3) is 1.00. The smallest absolute Gasteiger partial charge is 0.0658 e. The maximum atomic E-state index is 6.02. The van der Waals surface area contributed by atoms with Crippen molar-refractivity contribution in [3.63, 3.8) is 0 Å². The fourth-order valence-electron chi connectivity index (χ4n) is 2.62. The van der Waals surface area contributed by atoms with Crippen LogP contribution in [0.4, 0.5) is 0 Å². The molecular weight excluding hydrogens is 136 g/mol. The highest BCUT2D eigenvalue weighted by Crippen LogP contribution is 2.44. The lowest BCUT2D eigenvalue weighted by atomic mass is 9.73. The van der Waals surface area contributed by atoms with E-state index in [9.17, 15) is 0 Å². The third-order valence-electron chi connectivity index (χ3n) is 3.45. The Hall–Kier alpha value is -0.0400. The molecule has 2 aliphatic heterocycles. The highest BCUT2D eigenvalue weighted by Gasteiger charge is 2.42. The lowest BCUT2D eigenvalue weighted by Gasteiger charge is -2.49. The van der Waals surface area contributed by atoms with Gasteiger partial charge in [-0.15, -0.1) is 0 Å². The average Bonchev–Trinajstić information content (AvgIpc) is 2.04. The van der Waals surface area contributed by atoms with Crippen molar-refractivity contribution in [2.24, 2.45) is 5.92 Å². The van der Waals surface area contributed by atoms with Crippen molar-refractivity contribution in [2.75, 3.05) is 0 Å². The van der Waals surface area contributed by atoms with Crippen LogP contribution in [0, 0.1) is 5.92 Å². The molecule has 0 aromatic heterocycles. The molecule has 2 heterocycles. The molecule has 0 spiro atoms. The van der Waals surface area contributed by atoms with E-state index in [1.807, 2.05) is 0 Å². The Kier molecular flexibility index (Phi) is 1.71. The maximum Gasteiger partial charge on any atom is 0.0658 e. The molecular formula is C10H18O. The van der Waals surface area contributed by atoms with Crippen LogP contribution < -0.4 is 0 Å². The van der Waals surface area contributed by atoms with E-state index >= 15 is 0 Å². The Morgan fingerprint density at radius 1 is 1.36 bits per heavy atom. The monoisotopic (exact) mass is 154 g/mol. The van der Waals surface area contributed by atoms with Crippen molar-refractivity contribution in [2.45, 2.75) is 57.7 Å². The van der Waals surface area contributed by atoms with Crippen LogP contribution >= 0.6 is 0 Å². The number of hydrogen-bond donors (Lipinski definition) is 0. The van der Waals surface area contributed by atoms with Crippen LogP contribution in [0.15, 0.2) is 0 Å². The molecule has 0 aromatic carbocycles. The molecule has 0 radical (unpaired) electrons. The minimum Gasteiger partial charge on any atom is -0.372 e. The van der Waals surface area contributed by atoms with Gasteiger partial charge in [0.1, 0.15) is 0 Å². The predicted octanol–water partition coefficient (Wildman–Crippen LogP) is 2.74. The number of fused-ring (bicyclic) bond motifs is 3. The summed E-state index contributed by atoms with van der Waals surface area (Å²) in [6, 6.07) is 0. The van der Waals surface area contributed by atoms with Crippen LogP contribution in [0.3, 0.4) is 0 Å². The van der Waals surface area contributed by atoms with E-state index in [1.54, 1.807) is 0 Å². The van der Waals surface area contributed by atoms with E-state index in [-0.39, 0.29) is 5.60 Å². The minimum absolute atomic E-state index is 0.259. The molecule has 1 aliphatic carbocycles. The van der Waals surface area contributed by atoms with Gasteiger partial charge in [-0.2, -0.15) is 0 Å². The molecule has 1 nitrogen and oxygen atoms in total. The van der Waals surface area contributed by atoms with E-state index in [0.717, 1.165) is 5.92 Å². The van der Waals surface area contributed by atoms with Gasteiger partial charge in [0, 0.05) is 0 Å². The van der Waals surface area contributed by atoms with Gasteiger partial charge < -0.3 is 4.74 Å². The van der Waals surface area contributed by atoms with Crippen LogP contribution in [0.5, 0.6) is 0 Å². The topological polar surface area (TPSA) is 9.23 Å². The Balaban J connectivity index is 2.09.